The summed E-state index contributed by atoms with van der Waals surface area (Å²) in [7, 11) is 0. The third-order valence-electron chi connectivity index (χ3n) is 3.30. The van der Waals surface area contributed by atoms with Crippen LogP contribution in [0, 0.1) is 23.2 Å². The minimum absolute atomic E-state index is 0.176. The molecule has 1 heteroatoms. The van der Waals surface area contributed by atoms with Gasteiger partial charge in [-0.1, -0.05) is 39.3 Å². The molecule has 0 aromatic rings. The quantitative estimate of drug-likeness (QED) is 0.629. The van der Waals surface area contributed by atoms with Gasteiger partial charge in [-0.3, -0.25) is 4.79 Å². The molecule has 1 saturated carbocycles. The summed E-state index contributed by atoms with van der Waals surface area (Å²) in [5.41, 5.74) is 1.51. The Morgan fingerprint density at radius 2 is 1.79 bits per heavy atom. The molecule has 0 N–H and O–H groups in total. The Balaban J connectivity index is 2.76. The molecule has 0 unspecified atom stereocenters. The van der Waals surface area contributed by atoms with Crippen molar-refractivity contribution in [3.8, 4) is 0 Å². The van der Waals surface area contributed by atoms with E-state index in [9.17, 15) is 4.79 Å². The number of carbonyl (C=O) groups excluding carboxylic acids is 1. The van der Waals surface area contributed by atoms with E-state index in [4.69, 9.17) is 0 Å². The van der Waals surface area contributed by atoms with Crippen LogP contribution in [0.25, 0.3) is 0 Å². The summed E-state index contributed by atoms with van der Waals surface area (Å²) in [6.45, 7) is 12.6. The molecule has 1 fully saturated rings. The maximum Gasteiger partial charge on any atom is 0.139 e. The molecule has 1 aliphatic carbocycles. The Hall–Kier alpha value is -0.590. The van der Waals surface area contributed by atoms with Gasteiger partial charge in [0, 0.05) is 11.8 Å². The lowest BCUT2D eigenvalue weighted by molar-refractivity contribution is -0.123. The van der Waals surface area contributed by atoms with Crippen LogP contribution >= 0.6 is 0 Å². The van der Waals surface area contributed by atoms with E-state index in [1.807, 2.05) is 13.8 Å². The largest absolute Gasteiger partial charge is 0.299 e. The van der Waals surface area contributed by atoms with E-state index in [0.29, 0.717) is 11.7 Å². The summed E-state index contributed by atoms with van der Waals surface area (Å²) in [6.07, 6.45) is 2.25. The van der Waals surface area contributed by atoms with Crippen LogP contribution in [0.5, 0.6) is 0 Å². The van der Waals surface area contributed by atoms with Crippen LogP contribution in [0.4, 0.5) is 0 Å². The van der Waals surface area contributed by atoms with Gasteiger partial charge in [-0.15, -0.1) is 0 Å². The van der Waals surface area contributed by atoms with Gasteiger partial charge in [-0.2, -0.15) is 0 Å². The Kier molecular flexibility index (Phi) is 2.89. The van der Waals surface area contributed by atoms with Crippen LogP contribution in [-0.4, -0.2) is 5.78 Å². The second-order valence-electron chi connectivity index (χ2n) is 5.63. The van der Waals surface area contributed by atoms with Crippen molar-refractivity contribution >= 4 is 5.78 Å². The van der Waals surface area contributed by atoms with E-state index in [0.717, 1.165) is 0 Å². The van der Waals surface area contributed by atoms with Crippen LogP contribution in [0.15, 0.2) is 11.6 Å². The Morgan fingerprint density at radius 3 is 2.14 bits per heavy atom. The number of allylic oxidation sites excluding steroid dienone is 2. The highest BCUT2D eigenvalue weighted by Crippen LogP contribution is 2.60. The number of ketones is 1. The second kappa shape index (κ2) is 3.52. The zero-order chi connectivity index (χ0) is 11.1. The molecule has 0 heterocycles. The van der Waals surface area contributed by atoms with Gasteiger partial charge < -0.3 is 0 Å². The predicted molar refractivity (Wildman–Crippen MR) is 60.0 cm³/mol. The first-order chi connectivity index (χ1) is 6.28. The summed E-state index contributed by atoms with van der Waals surface area (Å²) in [5, 5.41) is 0. The molecule has 0 aromatic carbocycles. The molecule has 1 aliphatic rings. The van der Waals surface area contributed by atoms with E-state index in [1.54, 1.807) is 0 Å². The maximum absolute atomic E-state index is 11.9. The van der Waals surface area contributed by atoms with Crippen molar-refractivity contribution in [2.45, 2.75) is 41.5 Å². The topological polar surface area (TPSA) is 17.1 Å². The van der Waals surface area contributed by atoms with Crippen molar-refractivity contribution in [3.05, 3.63) is 11.6 Å². The standard InChI is InChI=1S/C13H22O/c1-8(2)7-10-11(13(10,5)6)12(14)9(3)4/h7,9-11H,1-6H3/t10-,11+/m1/s1. The van der Waals surface area contributed by atoms with Gasteiger partial charge in [0.25, 0.3) is 0 Å². The fourth-order valence-electron chi connectivity index (χ4n) is 2.25. The summed E-state index contributed by atoms with van der Waals surface area (Å²) in [4.78, 5) is 11.9. The SMILES string of the molecule is CC(C)=C[C@@H]1[C@@H](C(=O)C(C)C)C1(C)C. The number of hydrogen-bond acceptors (Lipinski definition) is 1. The van der Waals surface area contributed by atoms with Crippen molar-refractivity contribution in [3.63, 3.8) is 0 Å². The molecule has 1 nitrogen and oxygen atoms in total. The van der Waals surface area contributed by atoms with Gasteiger partial charge in [0.2, 0.25) is 0 Å². The summed E-state index contributed by atoms with van der Waals surface area (Å²) in [6, 6.07) is 0. The van der Waals surface area contributed by atoms with Crippen molar-refractivity contribution in [2.75, 3.05) is 0 Å². The molecule has 1 rings (SSSR count). The van der Waals surface area contributed by atoms with E-state index in [1.165, 1.54) is 5.57 Å². The monoisotopic (exact) mass is 194 g/mol. The van der Waals surface area contributed by atoms with Crippen molar-refractivity contribution < 1.29 is 4.79 Å². The Bertz CT molecular complexity index is 267. The first kappa shape index (κ1) is 11.5. The van der Waals surface area contributed by atoms with Crippen LogP contribution in [0.2, 0.25) is 0 Å². The van der Waals surface area contributed by atoms with E-state index in [-0.39, 0.29) is 17.3 Å². The van der Waals surface area contributed by atoms with Crippen molar-refractivity contribution in [1.29, 1.82) is 0 Å². The van der Waals surface area contributed by atoms with Gasteiger partial charge in [-0.25, -0.2) is 0 Å². The van der Waals surface area contributed by atoms with E-state index >= 15 is 0 Å². The van der Waals surface area contributed by atoms with Crippen molar-refractivity contribution in [1.82, 2.24) is 0 Å². The predicted octanol–water partition coefficient (Wildman–Crippen LogP) is 3.45. The lowest BCUT2D eigenvalue weighted by Crippen LogP contribution is -2.12. The Morgan fingerprint density at radius 1 is 1.29 bits per heavy atom. The summed E-state index contributed by atoms with van der Waals surface area (Å²) < 4.78 is 0. The third kappa shape index (κ3) is 1.92. The average molecular weight is 194 g/mol. The Labute approximate surface area is 87.6 Å². The van der Waals surface area contributed by atoms with Gasteiger partial charge in [-0.05, 0) is 25.2 Å². The average Bonchev–Trinajstić information content (AvgIpc) is 2.50. The van der Waals surface area contributed by atoms with Crippen LogP contribution < -0.4 is 0 Å². The number of carbonyl (C=O) groups is 1. The van der Waals surface area contributed by atoms with Crippen molar-refractivity contribution in [2.24, 2.45) is 23.2 Å². The van der Waals surface area contributed by atoms with Gasteiger partial charge >= 0.3 is 0 Å². The number of rotatable bonds is 3. The lowest BCUT2D eigenvalue weighted by atomic mass is 9.99. The molecular weight excluding hydrogens is 172 g/mol. The lowest BCUT2D eigenvalue weighted by Gasteiger charge is -2.04. The normalized spacial score (nSPS) is 28.8. The molecule has 80 valence electrons. The maximum atomic E-state index is 11.9. The molecule has 0 aliphatic heterocycles. The minimum Gasteiger partial charge on any atom is -0.299 e. The molecular formula is C13H22O. The highest BCUT2D eigenvalue weighted by molar-refractivity contribution is 5.87. The highest BCUT2D eigenvalue weighted by atomic mass is 16.1. The second-order valence-corrected chi connectivity index (χ2v) is 5.63. The molecule has 0 saturated heterocycles. The van der Waals surface area contributed by atoms with E-state index in [2.05, 4.69) is 33.8 Å². The number of hydrogen-bond donors (Lipinski definition) is 0. The molecule has 2 atom stereocenters. The minimum atomic E-state index is 0.176. The van der Waals surface area contributed by atoms with Crippen LogP contribution in [0.1, 0.15) is 41.5 Å². The van der Waals surface area contributed by atoms with Gasteiger partial charge in [0.1, 0.15) is 5.78 Å². The summed E-state index contributed by atoms with van der Waals surface area (Å²) in [5.74, 6) is 1.34. The first-order valence-corrected chi connectivity index (χ1v) is 5.47. The smallest absolute Gasteiger partial charge is 0.139 e. The zero-order valence-electron chi connectivity index (χ0n) is 10.2. The molecule has 14 heavy (non-hydrogen) atoms. The van der Waals surface area contributed by atoms with Crippen LogP contribution in [0.3, 0.4) is 0 Å². The first-order valence-electron chi connectivity index (χ1n) is 5.47. The highest BCUT2D eigenvalue weighted by Gasteiger charge is 2.60. The molecule has 0 spiro atoms. The fraction of sp³-hybridized carbons (Fsp3) is 0.769. The van der Waals surface area contributed by atoms with E-state index < -0.39 is 0 Å². The molecule has 0 radical (unpaired) electrons. The fourth-order valence-corrected chi connectivity index (χ4v) is 2.25. The molecule has 0 amide bonds. The van der Waals surface area contributed by atoms with Gasteiger partial charge in [0.05, 0.1) is 0 Å². The molecule has 0 aromatic heterocycles. The van der Waals surface area contributed by atoms with Gasteiger partial charge in [0.15, 0.2) is 0 Å². The zero-order valence-corrected chi connectivity index (χ0v) is 10.2. The number of Topliss-reactive ketones (excluding diaryl/α,β-unsaturated/α-hetero) is 1. The summed E-state index contributed by atoms with van der Waals surface area (Å²) >= 11 is 0. The molecule has 0 bridgehead atoms. The van der Waals surface area contributed by atoms with Crippen LogP contribution in [-0.2, 0) is 4.79 Å². The third-order valence-corrected chi connectivity index (χ3v) is 3.30.